The van der Waals surface area contributed by atoms with Crippen molar-refractivity contribution >= 4 is 17.0 Å². The highest BCUT2D eigenvalue weighted by Crippen LogP contribution is 2.27. The van der Waals surface area contributed by atoms with Crippen molar-refractivity contribution in [3.63, 3.8) is 0 Å². The van der Waals surface area contributed by atoms with Gasteiger partial charge in [-0.15, -0.1) is 0 Å². The number of aliphatic hydroxyl groups is 1. The first-order valence-corrected chi connectivity index (χ1v) is 5.96. The summed E-state index contributed by atoms with van der Waals surface area (Å²) in [6.07, 6.45) is 0.802. The molecule has 1 atom stereocenters. The van der Waals surface area contributed by atoms with Crippen molar-refractivity contribution in [1.29, 1.82) is 0 Å². The Morgan fingerprint density at radius 3 is 2.76 bits per heavy atom. The van der Waals surface area contributed by atoms with Crippen molar-refractivity contribution in [2.45, 2.75) is 18.9 Å². The summed E-state index contributed by atoms with van der Waals surface area (Å²) < 4.78 is 2.09. The van der Waals surface area contributed by atoms with Gasteiger partial charge in [0, 0.05) is 20.1 Å². The van der Waals surface area contributed by atoms with Gasteiger partial charge in [-0.05, 0) is 25.5 Å². The van der Waals surface area contributed by atoms with E-state index in [2.05, 4.69) is 20.5 Å². The molecule has 2 aromatic rings. The quantitative estimate of drug-likeness (QED) is 0.809. The summed E-state index contributed by atoms with van der Waals surface area (Å²) >= 11 is 0. The minimum atomic E-state index is -0.585. The van der Waals surface area contributed by atoms with Crippen LogP contribution in [0, 0.1) is 0 Å². The Bertz CT molecular complexity index is 559. The minimum absolute atomic E-state index is 0.585. The number of anilines is 1. The summed E-state index contributed by atoms with van der Waals surface area (Å²) in [5.41, 5.74) is 1.56. The zero-order valence-electron chi connectivity index (χ0n) is 10.2. The number of fused-ring (bicyclic) bond motifs is 1. The lowest BCUT2D eigenvalue weighted by Gasteiger charge is -2.19. The smallest absolute Gasteiger partial charge is 0.206 e. The van der Waals surface area contributed by atoms with Crippen LogP contribution in [0.3, 0.4) is 0 Å². The number of imidazole rings is 1. The van der Waals surface area contributed by atoms with Crippen LogP contribution >= 0.6 is 0 Å². The Kier molecular flexibility index (Phi) is 2.16. The number of para-hydroxylation sites is 2. The summed E-state index contributed by atoms with van der Waals surface area (Å²) in [5.74, 6) is 0.948. The van der Waals surface area contributed by atoms with Crippen LogP contribution in [0.5, 0.6) is 0 Å². The van der Waals surface area contributed by atoms with Gasteiger partial charge in [-0.3, -0.25) is 0 Å². The van der Waals surface area contributed by atoms with Crippen LogP contribution in [-0.4, -0.2) is 33.3 Å². The fourth-order valence-corrected chi connectivity index (χ4v) is 2.53. The van der Waals surface area contributed by atoms with Crippen molar-refractivity contribution in [2.75, 3.05) is 18.0 Å². The second-order valence-electron chi connectivity index (χ2n) is 5.13. The summed E-state index contributed by atoms with van der Waals surface area (Å²) in [6.45, 7) is 3.41. The maximum absolute atomic E-state index is 10.0. The summed E-state index contributed by atoms with van der Waals surface area (Å²) in [4.78, 5) is 6.79. The number of hydrogen-bond acceptors (Lipinski definition) is 3. The Morgan fingerprint density at radius 1 is 1.35 bits per heavy atom. The number of β-amino-alcohol motifs (C(OH)–C–C–N with tert-alkyl or cyclic N) is 1. The van der Waals surface area contributed by atoms with Crippen LogP contribution in [-0.2, 0) is 7.05 Å². The van der Waals surface area contributed by atoms with E-state index in [1.807, 2.05) is 32.2 Å². The number of aromatic nitrogens is 2. The van der Waals surface area contributed by atoms with Crippen molar-refractivity contribution < 1.29 is 5.11 Å². The molecule has 4 nitrogen and oxygen atoms in total. The Morgan fingerprint density at radius 2 is 2.12 bits per heavy atom. The SMILES string of the molecule is Cn1c(N2CCC(C)(O)C2)nc2ccccc21. The molecule has 4 heteroatoms. The molecular formula is C13H17N3O. The number of benzene rings is 1. The Balaban J connectivity index is 2.04. The maximum atomic E-state index is 10.0. The molecule has 1 aromatic heterocycles. The lowest BCUT2D eigenvalue weighted by atomic mass is 10.1. The van der Waals surface area contributed by atoms with Gasteiger partial charge < -0.3 is 14.6 Å². The number of aryl methyl sites for hydroxylation is 1. The van der Waals surface area contributed by atoms with Crippen LogP contribution in [0.15, 0.2) is 24.3 Å². The molecule has 0 radical (unpaired) electrons. The van der Waals surface area contributed by atoms with E-state index in [0.717, 1.165) is 29.9 Å². The minimum Gasteiger partial charge on any atom is -0.388 e. The molecule has 3 rings (SSSR count). The molecule has 90 valence electrons. The standard InChI is InChI=1S/C13H17N3O/c1-13(17)7-8-16(9-13)12-14-10-5-3-4-6-11(10)15(12)2/h3-6,17H,7-9H2,1-2H3. The average molecular weight is 231 g/mol. The van der Waals surface area contributed by atoms with Crippen molar-refractivity contribution in [1.82, 2.24) is 9.55 Å². The van der Waals surface area contributed by atoms with Gasteiger partial charge in [-0.1, -0.05) is 12.1 Å². The van der Waals surface area contributed by atoms with E-state index in [4.69, 9.17) is 0 Å². The molecule has 17 heavy (non-hydrogen) atoms. The molecule has 1 aliphatic rings. The molecule has 0 spiro atoms. The first kappa shape index (κ1) is 10.6. The fourth-order valence-electron chi connectivity index (χ4n) is 2.53. The monoisotopic (exact) mass is 231 g/mol. The highest BCUT2D eigenvalue weighted by molar-refractivity contribution is 5.78. The van der Waals surface area contributed by atoms with Gasteiger partial charge in [0.05, 0.1) is 16.6 Å². The molecule has 1 saturated heterocycles. The first-order chi connectivity index (χ1) is 8.07. The maximum Gasteiger partial charge on any atom is 0.206 e. The van der Waals surface area contributed by atoms with Gasteiger partial charge in [0.25, 0.3) is 0 Å². The summed E-state index contributed by atoms with van der Waals surface area (Å²) in [7, 11) is 2.03. The van der Waals surface area contributed by atoms with E-state index < -0.39 is 5.60 Å². The number of hydrogen-bond donors (Lipinski definition) is 1. The molecule has 0 bridgehead atoms. The van der Waals surface area contributed by atoms with Crippen LogP contribution in [0.4, 0.5) is 5.95 Å². The second kappa shape index (κ2) is 3.47. The molecule has 0 aliphatic carbocycles. The highest BCUT2D eigenvalue weighted by atomic mass is 16.3. The van der Waals surface area contributed by atoms with Gasteiger partial charge in [0.2, 0.25) is 5.95 Å². The molecule has 2 heterocycles. The number of rotatable bonds is 1. The third-order valence-corrected chi connectivity index (χ3v) is 3.50. The van der Waals surface area contributed by atoms with E-state index in [0.29, 0.717) is 6.54 Å². The van der Waals surface area contributed by atoms with Gasteiger partial charge in [0.15, 0.2) is 0 Å². The van der Waals surface area contributed by atoms with Gasteiger partial charge >= 0.3 is 0 Å². The highest BCUT2D eigenvalue weighted by Gasteiger charge is 2.33. The first-order valence-electron chi connectivity index (χ1n) is 5.96. The van der Waals surface area contributed by atoms with Crippen LogP contribution in [0.2, 0.25) is 0 Å². The third-order valence-electron chi connectivity index (χ3n) is 3.50. The lowest BCUT2D eigenvalue weighted by molar-refractivity contribution is 0.0838. The number of nitrogens with zero attached hydrogens (tertiary/aromatic N) is 3. The normalized spacial score (nSPS) is 24.8. The van der Waals surface area contributed by atoms with Gasteiger partial charge in [-0.2, -0.15) is 0 Å². The molecule has 1 N–H and O–H groups in total. The lowest BCUT2D eigenvalue weighted by Crippen LogP contribution is -2.30. The van der Waals surface area contributed by atoms with Gasteiger partial charge in [-0.25, -0.2) is 4.98 Å². The largest absolute Gasteiger partial charge is 0.388 e. The fraction of sp³-hybridized carbons (Fsp3) is 0.462. The summed E-state index contributed by atoms with van der Waals surface area (Å²) in [5, 5.41) is 10.0. The van der Waals surface area contributed by atoms with Crippen LogP contribution in [0.25, 0.3) is 11.0 Å². The van der Waals surface area contributed by atoms with E-state index in [-0.39, 0.29) is 0 Å². The van der Waals surface area contributed by atoms with E-state index >= 15 is 0 Å². The summed E-state index contributed by atoms with van der Waals surface area (Å²) in [6, 6.07) is 8.11. The molecular weight excluding hydrogens is 214 g/mol. The molecule has 1 fully saturated rings. The van der Waals surface area contributed by atoms with Crippen molar-refractivity contribution in [3.8, 4) is 0 Å². The van der Waals surface area contributed by atoms with E-state index in [1.54, 1.807) is 0 Å². The van der Waals surface area contributed by atoms with E-state index in [9.17, 15) is 5.11 Å². The molecule has 1 aromatic carbocycles. The second-order valence-corrected chi connectivity index (χ2v) is 5.13. The zero-order chi connectivity index (χ0) is 12.0. The van der Waals surface area contributed by atoms with E-state index in [1.165, 1.54) is 0 Å². The van der Waals surface area contributed by atoms with Crippen molar-refractivity contribution in [2.24, 2.45) is 7.05 Å². The Hall–Kier alpha value is -1.55. The predicted octanol–water partition coefficient (Wildman–Crippen LogP) is 1.53. The van der Waals surface area contributed by atoms with Gasteiger partial charge in [0.1, 0.15) is 0 Å². The predicted molar refractivity (Wildman–Crippen MR) is 68.2 cm³/mol. The molecule has 0 amide bonds. The third kappa shape index (κ3) is 1.69. The molecule has 0 saturated carbocycles. The topological polar surface area (TPSA) is 41.3 Å². The Labute approximate surface area is 100 Å². The van der Waals surface area contributed by atoms with Crippen molar-refractivity contribution in [3.05, 3.63) is 24.3 Å². The average Bonchev–Trinajstić information content (AvgIpc) is 2.81. The zero-order valence-corrected chi connectivity index (χ0v) is 10.2. The van der Waals surface area contributed by atoms with Crippen LogP contribution < -0.4 is 4.90 Å². The molecule has 1 aliphatic heterocycles. The van der Waals surface area contributed by atoms with Crippen LogP contribution in [0.1, 0.15) is 13.3 Å². The molecule has 1 unspecified atom stereocenters.